The van der Waals surface area contributed by atoms with Gasteiger partial charge in [-0.1, -0.05) is 47.5 Å². The molecule has 1 saturated heterocycles. The lowest BCUT2D eigenvalue weighted by atomic mass is 10.1. The lowest BCUT2D eigenvalue weighted by Crippen LogP contribution is -2.48. The Labute approximate surface area is 186 Å². The molecule has 6 nitrogen and oxygen atoms in total. The van der Waals surface area contributed by atoms with Crippen LogP contribution in [-0.2, 0) is 0 Å². The molecule has 0 atom stereocenters. The molecule has 1 aliphatic rings. The van der Waals surface area contributed by atoms with Gasteiger partial charge < -0.3 is 14.2 Å². The molecular formula is C24H21ClN4O2. The lowest BCUT2D eigenvalue weighted by molar-refractivity contribution is 0.0745. The maximum absolute atomic E-state index is 12.8. The van der Waals surface area contributed by atoms with Gasteiger partial charge in [0.05, 0.1) is 0 Å². The van der Waals surface area contributed by atoms with Crippen LogP contribution in [-0.4, -0.2) is 42.0 Å². The van der Waals surface area contributed by atoms with E-state index in [1.165, 1.54) is 0 Å². The zero-order chi connectivity index (χ0) is 21.8. The van der Waals surface area contributed by atoms with Crippen molar-refractivity contribution in [3.8, 4) is 6.07 Å². The highest BCUT2D eigenvalue weighted by atomic mass is 35.5. The lowest BCUT2D eigenvalue weighted by Gasteiger charge is -2.34. The first-order valence-corrected chi connectivity index (χ1v) is 10.4. The highest BCUT2D eigenvalue weighted by molar-refractivity contribution is 6.32. The van der Waals surface area contributed by atoms with Gasteiger partial charge in [-0.2, -0.15) is 10.2 Å². The number of carbonyl (C=O) groups is 1. The van der Waals surface area contributed by atoms with E-state index in [4.69, 9.17) is 16.0 Å². The first kappa shape index (κ1) is 20.7. The van der Waals surface area contributed by atoms with Gasteiger partial charge in [0.2, 0.25) is 17.5 Å². The highest BCUT2D eigenvalue weighted by Gasteiger charge is 2.26. The van der Waals surface area contributed by atoms with Crippen LogP contribution in [0.5, 0.6) is 0 Å². The summed E-state index contributed by atoms with van der Waals surface area (Å²) >= 11 is 6.17. The first-order chi connectivity index (χ1) is 15.0. The molecule has 2 heterocycles. The van der Waals surface area contributed by atoms with Crippen molar-refractivity contribution in [2.75, 3.05) is 31.1 Å². The summed E-state index contributed by atoms with van der Waals surface area (Å²) in [6.07, 6.45) is 3.50. The molecule has 31 heavy (non-hydrogen) atoms. The molecule has 156 valence electrons. The zero-order valence-corrected chi connectivity index (χ0v) is 17.8. The van der Waals surface area contributed by atoms with Crippen molar-refractivity contribution < 1.29 is 9.21 Å². The summed E-state index contributed by atoms with van der Waals surface area (Å²) in [5.74, 6) is 0.790. The first-order valence-electron chi connectivity index (χ1n) is 9.99. The Morgan fingerprint density at radius 2 is 1.90 bits per heavy atom. The predicted molar refractivity (Wildman–Crippen MR) is 121 cm³/mol. The third kappa shape index (κ3) is 4.62. The number of nitrogens with zero attached hydrogens (tertiary/aromatic N) is 4. The third-order valence-corrected chi connectivity index (χ3v) is 5.51. The second-order valence-corrected chi connectivity index (χ2v) is 7.73. The summed E-state index contributed by atoms with van der Waals surface area (Å²) in [7, 11) is 0. The van der Waals surface area contributed by atoms with Gasteiger partial charge in [0.15, 0.2) is 0 Å². The van der Waals surface area contributed by atoms with E-state index in [0.717, 1.165) is 11.1 Å². The second-order valence-electron chi connectivity index (χ2n) is 7.32. The molecule has 2 aromatic carbocycles. The predicted octanol–water partition coefficient (Wildman–Crippen LogP) is 4.64. The fourth-order valence-corrected chi connectivity index (χ4v) is 3.73. The van der Waals surface area contributed by atoms with E-state index in [0.29, 0.717) is 48.5 Å². The summed E-state index contributed by atoms with van der Waals surface area (Å²) in [5.41, 5.74) is 2.82. The SMILES string of the molecule is Cc1cccc(C(=O)N2CCN(c3oc(C=Cc4ccccc4Cl)nc3C#N)CC2)c1. The molecule has 4 rings (SSSR count). The van der Waals surface area contributed by atoms with E-state index >= 15 is 0 Å². The molecule has 0 aliphatic carbocycles. The number of rotatable bonds is 4. The summed E-state index contributed by atoms with van der Waals surface area (Å²) < 4.78 is 5.86. The van der Waals surface area contributed by atoms with Gasteiger partial charge in [0, 0.05) is 42.8 Å². The Bertz CT molecular complexity index is 1170. The standard InChI is InChI=1S/C24H21ClN4O2/c1-17-5-4-7-19(15-17)23(30)28-11-13-29(14-12-28)24-21(16-26)27-22(31-24)10-9-18-6-2-3-8-20(18)25/h2-10,15H,11-14H2,1H3. The van der Waals surface area contributed by atoms with Crippen LogP contribution in [0.15, 0.2) is 52.9 Å². The second kappa shape index (κ2) is 9.07. The molecule has 1 aromatic heterocycles. The van der Waals surface area contributed by atoms with Crippen LogP contribution in [0.1, 0.15) is 33.1 Å². The van der Waals surface area contributed by atoms with Crippen LogP contribution in [0.3, 0.4) is 0 Å². The van der Waals surface area contributed by atoms with E-state index in [9.17, 15) is 10.1 Å². The molecule has 0 radical (unpaired) electrons. The molecule has 1 amide bonds. The molecule has 3 aromatic rings. The number of amides is 1. The Balaban J connectivity index is 1.45. The van der Waals surface area contributed by atoms with E-state index < -0.39 is 0 Å². The largest absolute Gasteiger partial charge is 0.420 e. The molecular weight excluding hydrogens is 412 g/mol. The number of benzene rings is 2. The fourth-order valence-electron chi connectivity index (χ4n) is 3.53. The summed E-state index contributed by atoms with van der Waals surface area (Å²) in [6.45, 7) is 4.19. The number of hydrogen-bond donors (Lipinski definition) is 0. The van der Waals surface area contributed by atoms with E-state index in [1.807, 2.05) is 59.2 Å². The third-order valence-electron chi connectivity index (χ3n) is 5.16. The van der Waals surface area contributed by atoms with E-state index in [2.05, 4.69) is 11.1 Å². The smallest absolute Gasteiger partial charge is 0.253 e. The van der Waals surface area contributed by atoms with Crippen LogP contribution in [0, 0.1) is 18.3 Å². The molecule has 1 aliphatic heterocycles. The van der Waals surface area contributed by atoms with Gasteiger partial charge in [0.25, 0.3) is 5.91 Å². The number of halogens is 1. The van der Waals surface area contributed by atoms with Crippen molar-refractivity contribution in [3.05, 3.63) is 81.8 Å². The van der Waals surface area contributed by atoms with Gasteiger partial charge in [-0.25, -0.2) is 0 Å². The van der Waals surface area contributed by atoms with Crippen LogP contribution >= 0.6 is 11.6 Å². The minimum absolute atomic E-state index is 0.0183. The Hall–Kier alpha value is -3.56. The summed E-state index contributed by atoms with van der Waals surface area (Å²) in [5, 5.41) is 10.1. The van der Waals surface area contributed by atoms with Gasteiger partial charge in [-0.15, -0.1) is 0 Å². The van der Waals surface area contributed by atoms with Crippen LogP contribution in [0.4, 0.5) is 5.88 Å². The molecule has 0 saturated carbocycles. The molecule has 0 spiro atoms. The maximum Gasteiger partial charge on any atom is 0.253 e. The molecule has 1 fully saturated rings. The maximum atomic E-state index is 12.8. The fraction of sp³-hybridized carbons (Fsp3) is 0.208. The molecule has 0 N–H and O–H groups in total. The van der Waals surface area contributed by atoms with Gasteiger partial charge in [-0.05, 0) is 36.8 Å². The average molecular weight is 433 g/mol. The quantitative estimate of drug-likeness (QED) is 0.600. The number of aryl methyl sites for hydroxylation is 1. The zero-order valence-electron chi connectivity index (χ0n) is 17.1. The number of oxazole rings is 1. The summed E-state index contributed by atoms with van der Waals surface area (Å²) in [4.78, 5) is 20.8. The number of piperazine rings is 1. The van der Waals surface area contributed by atoms with Crippen molar-refractivity contribution in [2.24, 2.45) is 0 Å². The number of carbonyl (C=O) groups excluding carboxylic acids is 1. The van der Waals surface area contributed by atoms with Crippen molar-refractivity contribution >= 4 is 35.5 Å². The number of nitriles is 1. The minimum atomic E-state index is 0.0183. The number of hydrogen-bond acceptors (Lipinski definition) is 5. The van der Waals surface area contributed by atoms with Crippen molar-refractivity contribution in [2.45, 2.75) is 6.92 Å². The van der Waals surface area contributed by atoms with Crippen molar-refractivity contribution in [1.29, 1.82) is 5.26 Å². The van der Waals surface area contributed by atoms with Crippen LogP contribution < -0.4 is 4.90 Å². The molecule has 7 heteroatoms. The molecule has 0 bridgehead atoms. The van der Waals surface area contributed by atoms with Crippen molar-refractivity contribution in [1.82, 2.24) is 9.88 Å². The average Bonchev–Trinajstić information content (AvgIpc) is 3.21. The molecule has 0 unspecified atom stereocenters. The van der Waals surface area contributed by atoms with Crippen LogP contribution in [0.25, 0.3) is 12.2 Å². The summed E-state index contributed by atoms with van der Waals surface area (Å²) in [6, 6.07) is 17.2. The Morgan fingerprint density at radius 3 is 2.61 bits per heavy atom. The van der Waals surface area contributed by atoms with E-state index in [-0.39, 0.29) is 11.6 Å². The number of aromatic nitrogens is 1. The highest BCUT2D eigenvalue weighted by Crippen LogP contribution is 2.25. The Kier molecular flexibility index (Phi) is 6.06. The normalized spacial score (nSPS) is 14.1. The van der Waals surface area contributed by atoms with E-state index in [1.54, 1.807) is 18.2 Å². The van der Waals surface area contributed by atoms with Gasteiger partial charge in [-0.3, -0.25) is 4.79 Å². The van der Waals surface area contributed by atoms with Crippen molar-refractivity contribution in [3.63, 3.8) is 0 Å². The van der Waals surface area contributed by atoms with Crippen LogP contribution in [0.2, 0.25) is 5.02 Å². The van der Waals surface area contributed by atoms with Gasteiger partial charge in [0.1, 0.15) is 6.07 Å². The number of anilines is 1. The minimum Gasteiger partial charge on any atom is -0.420 e. The topological polar surface area (TPSA) is 73.4 Å². The Morgan fingerprint density at radius 1 is 1.13 bits per heavy atom. The monoisotopic (exact) mass is 432 g/mol. The van der Waals surface area contributed by atoms with Gasteiger partial charge >= 0.3 is 0 Å².